The molecule has 3 heterocycles. The number of carbonyl (C=O) groups is 1. The van der Waals surface area contributed by atoms with Gasteiger partial charge in [0.2, 0.25) is 11.9 Å². The van der Waals surface area contributed by atoms with Gasteiger partial charge in [-0.05, 0) is 62.8 Å². The molecule has 1 amide bonds. The zero-order valence-electron chi connectivity index (χ0n) is 18.7. The van der Waals surface area contributed by atoms with Crippen LogP contribution in [-0.2, 0) is 0 Å². The summed E-state index contributed by atoms with van der Waals surface area (Å²) in [5.74, 6) is 1.21. The van der Waals surface area contributed by atoms with Crippen molar-refractivity contribution >= 4 is 17.5 Å². The molecular formula is C23H30FN7O2. The van der Waals surface area contributed by atoms with E-state index in [1.54, 1.807) is 12.3 Å². The summed E-state index contributed by atoms with van der Waals surface area (Å²) in [7, 11) is 0. The molecule has 3 atom stereocenters. The second kappa shape index (κ2) is 7.65. The molecule has 5 fully saturated rings. The highest BCUT2D eigenvalue weighted by molar-refractivity contribution is 5.92. The fraction of sp³-hybridized carbons (Fsp3) is 0.652. The maximum absolute atomic E-state index is 13.9. The van der Waals surface area contributed by atoms with Crippen molar-refractivity contribution in [1.29, 1.82) is 0 Å². The predicted molar refractivity (Wildman–Crippen MR) is 119 cm³/mol. The van der Waals surface area contributed by atoms with E-state index in [-0.39, 0.29) is 18.0 Å². The number of carbonyl (C=O) groups excluding carboxylic acids is 1. The maximum atomic E-state index is 13.9. The van der Waals surface area contributed by atoms with Gasteiger partial charge in [0.25, 0.3) is 5.91 Å². The summed E-state index contributed by atoms with van der Waals surface area (Å²) >= 11 is 0. The Morgan fingerprint density at radius 2 is 2.06 bits per heavy atom. The van der Waals surface area contributed by atoms with E-state index in [0.29, 0.717) is 54.7 Å². The van der Waals surface area contributed by atoms with Gasteiger partial charge in [-0.1, -0.05) is 0 Å². The van der Waals surface area contributed by atoms with Crippen LogP contribution in [0.3, 0.4) is 0 Å². The summed E-state index contributed by atoms with van der Waals surface area (Å²) in [6.45, 7) is 3.87. The summed E-state index contributed by atoms with van der Waals surface area (Å²) in [4.78, 5) is 26.2. The first-order valence-corrected chi connectivity index (χ1v) is 12.0. The number of aromatic amines is 1. The van der Waals surface area contributed by atoms with Crippen LogP contribution in [0.5, 0.6) is 0 Å². The van der Waals surface area contributed by atoms with E-state index in [4.69, 9.17) is 0 Å². The first-order chi connectivity index (χ1) is 15.9. The number of amides is 1. The minimum Gasteiger partial charge on any atom is -0.390 e. The van der Waals surface area contributed by atoms with Crippen molar-refractivity contribution in [3.63, 3.8) is 0 Å². The number of aromatic nitrogens is 4. The number of aliphatic hydroxyl groups is 1. The number of hydrogen-bond acceptors (Lipinski definition) is 7. The van der Waals surface area contributed by atoms with Gasteiger partial charge in [-0.3, -0.25) is 9.89 Å². The molecule has 1 aliphatic heterocycles. The molecule has 0 spiro atoms. The Morgan fingerprint density at radius 3 is 2.73 bits per heavy atom. The first kappa shape index (κ1) is 20.8. The fourth-order valence-corrected chi connectivity index (χ4v) is 7.01. The molecule has 4 aliphatic carbocycles. The molecule has 2 aromatic rings. The van der Waals surface area contributed by atoms with E-state index >= 15 is 0 Å². The molecule has 3 unspecified atom stereocenters. The molecule has 7 rings (SSSR count). The van der Waals surface area contributed by atoms with Crippen LogP contribution in [0.4, 0.5) is 16.0 Å². The third kappa shape index (κ3) is 3.64. The molecular weight excluding hydrogens is 425 g/mol. The van der Waals surface area contributed by atoms with Gasteiger partial charge in [0, 0.05) is 37.9 Å². The standard InChI is InChI=1S/C23H30FN7O2/c1-13-12-30(18-11-26-29-20(18)24)4-5-31(13)22-25-3-2-17(27-22)21(32)28-19-15-6-14-7-16(19)10-23(33,8-14)9-15/h2-3,11,13-16,19,33H,4-10,12H2,1H3,(H,26,29)(H,28,32). The normalized spacial score (nSPS) is 35.2. The summed E-state index contributed by atoms with van der Waals surface area (Å²) < 4.78 is 13.9. The van der Waals surface area contributed by atoms with Gasteiger partial charge in [0.05, 0.1) is 11.8 Å². The number of anilines is 2. The van der Waals surface area contributed by atoms with Gasteiger partial charge >= 0.3 is 0 Å². The molecule has 4 bridgehead atoms. The lowest BCUT2D eigenvalue weighted by atomic mass is 9.52. The quantitative estimate of drug-likeness (QED) is 0.644. The van der Waals surface area contributed by atoms with Gasteiger partial charge in [-0.25, -0.2) is 9.97 Å². The lowest BCUT2D eigenvalue weighted by molar-refractivity contribution is -0.136. The highest BCUT2D eigenvalue weighted by atomic mass is 19.1. The van der Waals surface area contributed by atoms with Crippen LogP contribution in [0, 0.1) is 23.7 Å². The number of nitrogens with one attached hydrogen (secondary N) is 2. The van der Waals surface area contributed by atoms with Crippen molar-refractivity contribution < 1.29 is 14.3 Å². The minimum atomic E-state index is -0.516. The van der Waals surface area contributed by atoms with Crippen LogP contribution in [-0.4, -0.2) is 68.5 Å². The highest BCUT2D eigenvalue weighted by Crippen LogP contribution is 2.55. The third-order valence-corrected chi connectivity index (χ3v) is 8.21. The van der Waals surface area contributed by atoms with Crippen LogP contribution in [0.25, 0.3) is 0 Å². The van der Waals surface area contributed by atoms with Gasteiger partial charge in [0.15, 0.2) is 0 Å². The van der Waals surface area contributed by atoms with Crippen LogP contribution in [0.2, 0.25) is 0 Å². The van der Waals surface area contributed by atoms with Crippen molar-refractivity contribution in [2.24, 2.45) is 17.8 Å². The monoisotopic (exact) mass is 455 g/mol. The number of nitrogens with zero attached hydrogens (tertiary/aromatic N) is 5. The van der Waals surface area contributed by atoms with Gasteiger partial charge in [-0.15, -0.1) is 0 Å². The Bertz CT molecular complexity index is 1040. The van der Waals surface area contributed by atoms with Crippen LogP contribution in [0.15, 0.2) is 18.5 Å². The molecule has 1 saturated heterocycles. The first-order valence-electron chi connectivity index (χ1n) is 12.0. The topological polar surface area (TPSA) is 110 Å². The Morgan fingerprint density at radius 1 is 1.27 bits per heavy atom. The molecule has 9 nitrogen and oxygen atoms in total. The predicted octanol–water partition coefficient (Wildman–Crippen LogP) is 1.72. The lowest BCUT2D eigenvalue weighted by Crippen LogP contribution is -2.61. The number of piperazine rings is 1. The number of hydrogen-bond donors (Lipinski definition) is 3. The van der Waals surface area contributed by atoms with E-state index in [2.05, 4.69) is 30.4 Å². The summed E-state index contributed by atoms with van der Waals surface area (Å²) in [5.41, 5.74) is 0.316. The molecule has 3 N–H and O–H groups in total. The fourth-order valence-electron chi connectivity index (χ4n) is 7.01. The maximum Gasteiger partial charge on any atom is 0.270 e. The molecule has 4 saturated carbocycles. The van der Waals surface area contributed by atoms with Crippen LogP contribution < -0.4 is 15.1 Å². The van der Waals surface area contributed by atoms with Crippen molar-refractivity contribution in [3.8, 4) is 0 Å². The summed E-state index contributed by atoms with van der Waals surface area (Å²) in [5, 5.41) is 20.2. The largest absolute Gasteiger partial charge is 0.390 e. The smallest absolute Gasteiger partial charge is 0.270 e. The lowest BCUT2D eigenvalue weighted by Gasteiger charge is -2.58. The molecule has 0 aromatic carbocycles. The zero-order valence-corrected chi connectivity index (χ0v) is 18.7. The Balaban J connectivity index is 1.14. The van der Waals surface area contributed by atoms with Gasteiger partial charge < -0.3 is 20.2 Å². The summed E-state index contributed by atoms with van der Waals surface area (Å²) in [6, 6.07) is 1.81. The van der Waals surface area contributed by atoms with E-state index in [1.807, 2.05) is 11.8 Å². The molecule has 176 valence electrons. The van der Waals surface area contributed by atoms with Crippen molar-refractivity contribution in [1.82, 2.24) is 25.5 Å². The number of rotatable bonds is 4. The van der Waals surface area contributed by atoms with Crippen molar-refractivity contribution in [3.05, 3.63) is 30.1 Å². The molecule has 2 aromatic heterocycles. The highest BCUT2D eigenvalue weighted by Gasteiger charge is 2.55. The van der Waals surface area contributed by atoms with Crippen LogP contribution >= 0.6 is 0 Å². The molecule has 5 aliphatic rings. The Labute approximate surface area is 191 Å². The second-order valence-corrected chi connectivity index (χ2v) is 10.5. The van der Waals surface area contributed by atoms with E-state index in [9.17, 15) is 14.3 Å². The average molecular weight is 456 g/mol. The number of H-pyrrole nitrogens is 1. The zero-order chi connectivity index (χ0) is 22.7. The van der Waals surface area contributed by atoms with E-state index < -0.39 is 11.5 Å². The van der Waals surface area contributed by atoms with Gasteiger partial charge in [-0.2, -0.15) is 9.49 Å². The number of halogens is 1. The average Bonchev–Trinajstić information content (AvgIpc) is 3.21. The van der Waals surface area contributed by atoms with Crippen molar-refractivity contribution in [2.45, 2.75) is 56.7 Å². The molecule has 33 heavy (non-hydrogen) atoms. The Hall–Kier alpha value is -2.75. The van der Waals surface area contributed by atoms with Crippen molar-refractivity contribution in [2.75, 3.05) is 29.4 Å². The van der Waals surface area contributed by atoms with Crippen LogP contribution in [0.1, 0.15) is 49.5 Å². The summed E-state index contributed by atoms with van der Waals surface area (Å²) in [6.07, 6.45) is 7.83. The van der Waals surface area contributed by atoms with E-state index in [1.165, 1.54) is 6.20 Å². The molecule has 10 heteroatoms. The third-order valence-electron chi connectivity index (χ3n) is 8.21. The van der Waals surface area contributed by atoms with Gasteiger partial charge in [0.1, 0.15) is 11.4 Å². The Kier molecular flexibility index (Phi) is 4.83. The SMILES string of the molecule is CC1CN(c2cn[nH]c2F)CCN1c1nccc(C(=O)NC2C3CC4CC2CC(O)(C4)C3)n1. The minimum absolute atomic E-state index is 0.0385. The van der Waals surface area contributed by atoms with E-state index in [0.717, 1.165) is 32.1 Å². The second-order valence-electron chi connectivity index (χ2n) is 10.5. The molecule has 0 radical (unpaired) electrons.